The number of ketones is 1. The first-order chi connectivity index (χ1) is 8.86. The van der Waals surface area contributed by atoms with Crippen molar-refractivity contribution in [1.29, 1.82) is 0 Å². The number of nitrogens with zero attached hydrogens (tertiary/aromatic N) is 3. The van der Waals surface area contributed by atoms with Gasteiger partial charge in [0.25, 0.3) is 0 Å². The Bertz CT molecular complexity index is 568. The summed E-state index contributed by atoms with van der Waals surface area (Å²) in [6.45, 7) is 0. The molecule has 0 radical (unpaired) electrons. The highest BCUT2D eigenvalue weighted by Gasteiger charge is 2.28. The Morgan fingerprint density at radius 2 is 2.11 bits per heavy atom. The fraction of sp³-hybridized carbons (Fsp3) is 0.286. The van der Waals surface area contributed by atoms with Gasteiger partial charge in [0.2, 0.25) is 0 Å². The molecule has 18 heavy (non-hydrogen) atoms. The van der Waals surface area contributed by atoms with Crippen LogP contribution in [0.25, 0.3) is 0 Å². The molecule has 4 heteroatoms. The summed E-state index contributed by atoms with van der Waals surface area (Å²) in [4.78, 5) is 24.6. The van der Waals surface area contributed by atoms with Crippen LogP contribution in [0.15, 0.2) is 37.1 Å². The molecule has 2 aromatic heterocycles. The van der Waals surface area contributed by atoms with Gasteiger partial charge in [-0.1, -0.05) is 6.07 Å². The molecule has 0 fully saturated rings. The SMILES string of the molecule is O=C(c1cncnc1)C1CCCc2cccnc21. The molecule has 0 saturated heterocycles. The van der Waals surface area contributed by atoms with E-state index >= 15 is 0 Å². The molecule has 3 rings (SSSR count). The normalized spacial score (nSPS) is 18.1. The van der Waals surface area contributed by atoms with Crippen molar-refractivity contribution in [3.8, 4) is 0 Å². The number of carbonyl (C=O) groups excluding carboxylic acids is 1. The van der Waals surface area contributed by atoms with Crippen LogP contribution < -0.4 is 0 Å². The van der Waals surface area contributed by atoms with Gasteiger partial charge in [-0.3, -0.25) is 9.78 Å². The number of pyridine rings is 1. The van der Waals surface area contributed by atoms with Crippen LogP contribution in [0, 0.1) is 0 Å². The minimum Gasteiger partial charge on any atom is -0.293 e. The van der Waals surface area contributed by atoms with Crippen LogP contribution in [0.5, 0.6) is 0 Å². The van der Waals surface area contributed by atoms with Crippen molar-refractivity contribution in [1.82, 2.24) is 15.0 Å². The van der Waals surface area contributed by atoms with Gasteiger partial charge in [-0.15, -0.1) is 0 Å². The van der Waals surface area contributed by atoms with Crippen molar-refractivity contribution in [3.63, 3.8) is 0 Å². The lowest BCUT2D eigenvalue weighted by Gasteiger charge is -2.22. The smallest absolute Gasteiger partial charge is 0.175 e. The van der Waals surface area contributed by atoms with Crippen LogP contribution in [0.1, 0.15) is 40.4 Å². The summed E-state index contributed by atoms with van der Waals surface area (Å²) in [5.41, 5.74) is 2.69. The molecule has 0 aromatic carbocycles. The van der Waals surface area contributed by atoms with Crippen LogP contribution in [-0.2, 0) is 6.42 Å². The largest absolute Gasteiger partial charge is 0.293 e. The number of aromatic nitrogens is 3. The van der Waals surface area contributed by atoms with Gasteiger partial charge in [-0.05, 0) is 30.9 Å². The van der Waals surface area contributed by atoms with Crippen LogP contribution in [-0.4, -0.2) is 20.7 Å². The topological polar surface area (TPSA) is 55.7 Å². The molecule has 2 aromatic rings. The van der Waals surface area contributed by atoms with E-state index in [-0.39, 0.29) is 11.7 Å². The summed E-state index contributed by atoms with van der Waals surface area (Å²) in [7, 11) is 0. The summed E-state index contributed by atoms with van der Waals surface area (Å²) in [6.07, 6.45) is 9.24. The highest BCUT2D eigenvalue weighted by Crippen LogP contribution is 2.32. The third-order valence-electron chi connectivity index (χ3n) is 3.36. The number of rotatable bonds is 2. The first-order valence-electron chi connectivity index (χ1n) is 6.09. The lowest BCUT2D eigenvalue weighted by atomic mass is 9.82. The second-order valence-corrected chi connectivity index (χ2v) is 4.48. The zero-order valence-electron chi connectivity index (χ0n) is 9.91. The molecule has 90 valence electrons. The van der Waals surface area contributed by atoms with E-state index in [1.807, 2.05) is 6.07 Å². The third-order valence-corrected chi connectivity index (χ3v) is 3.36. The molecule has 1 aliphatic rings. The predicted octanol–water partition coefficient (Wildman–Crippen LogP) is 2.17. The highest BCUT2D eigenvalue weighted by molar-refractivity contribution is 6.00. The second-order valence-electron chi connectivity index (χ2n) is 4.48. The Labute approximate surface area is 105 Å². The second kappa shape index (κ2) is 4.64. The first-order valence-corrected chi connectivity index (χ1v) is 6.09. The lowest BCUT2D eigenvalue weighted by molar-refractivity contribution is 0.0948. The van der Waals surface area contributed by atoms with Crippen molar-refractivity contribution >= 4 is 5.78 Å². The van der Waals surface area contributed by atoms with E-state index in [4.69, 9.17) is 0 Å². The van der Waals surface area contributed by atoms with E-state index in [1.54, 1.807) is 18.6 Å². The standard InChI is InChI=1S/C14H13N3O/c18-14(11-7-15-9-16-8-11)12-5-1-3-10-4-2-6-17-13(10)12/h2,4,6-9,12H,1,3,5H2. The average Bonchev–Trinajstić information content (AvgIpc) is 2.47. The van der Waals surface area contributed by atoms with Crippen molar-refractivity contribution in [2.45, 2.75) is 25.2 Å². The zero-order chi connectivity index (χ0) is 12.4. The molecule has 0 bridgehead atoms. The molecule has 1 unspecified atom stereocenters. The van der Waals surface area contributed by atoms with E-state index in [0.29, 0.717) is 5.56 Å². The quantitative estimate of drug-likeness (QED) is 0.754. The molecule has 4 nitrogen and oxygen atoms in total. The molecule has 0 spiro atoms. The fourth-order valence-electron chi connectivity index (χ4n) is 2.49. The summed E-state index contributed by atoms with van der Waals surface area (Å²) in [6, 6.07) is 3.99. The maximum atomic E-state index is 12.4. The molecule has 1 aliphatic carbocycles. The van der Waals surface area contributed by atoms with Gasteiger partial charge in [0.1, 0.15) is 6.33 Å². The predicted molar refractivity (Wildman–Crippen MR) is 66.3 cm³/mol. The molecule has 0 N–H and O–H groups in total. The van der Waals surface area contributed by atoms with Crippen LogP contribution in [0.2, 0.25) is 0 Å². The molecule has 0 saturated carbocycles. The molecular formula is C14H13N3O. The number of hydrogen-bond donors (Lipinski definition) is 0. The Morgan fingerprint density at radius 1 is 1.28 bits per heavy atom. The van der Waals surface area contributed by atoms with E-state index < -0.39 is 0 Å². The number of carbonyl (C=O) groups is 1. The van der Waals surface area contributed by atoms with Gasteiger partial charge in [-0.25, -0.2) is 9.97 Å². The van der Waals surface area contributed by atoms with Gasteiger partial charge >= 0.3 is 0 Å². The van der Waals surface area contributed by atoms with Crippen molar-refractivity contribution in [3.05, 3.63) is 53.9 Å². The maximum Gasteiger partial charge on any atom is 0.175 e. The Balaban J connectivity index is 1.97. The van der Waals surface area contributed by atoms with Crippen molar-refractivity contribution < 1.29 is 4.79 Å². The molecule has 0 aliphatic heterocycles. The maximum absolute atomic E-state index is 12.4. The van der Waals surface area contributed by atoms with Crippen LogP contribution >= 0.6 is 0 Å². The zero-order valence-corrected chi connectivity index (χ0v) is 9.91. The Hall–Kier alpha value is -2.10. The minimum atomic E-state index is -0.138. The Morgan fingerprint density at radius 3 is 2.94 bits per heavy atom. The first kappa shape index (κ1) is 11.0. The highest BCUT2D eigenvalue weighted by atomic mass is 16.1. The fourth-order valence-corrected chi connectivity index (χ4v) is 2.49. The molecule has 0 amide bonds. The van der Waals surface area contributed by atoms with E-state index in [0.717, 1.165) is 25.0 Å². The number of aryl methyl sites for hydroxylation is 1. The summed E-state index contributed by atoms with van der Waals surface area (Å²) in [5.74, 6) is -0.0591. The van der Waals surface area contributed by atoms with Gasteiger partial charge in [-0.2, -0.15) is 0 Å². The van der Waals surface area contributed by atoms with Gasteiger partial charge in [0.05, 0.1) is 17.2 Å². The molecular weight excluding hydrogens is 226 g/mol. The van der Waals surface area contributed by atoms with E-state index in [1.165, 1.54) is 11.9 Å². The summed E-state index contributed by atoms with van der Waals surface area (Å²) < 4.78 is 0. The minimum absolute atomic E-state index is 0.0789. The third kappa shape index (κ3) is 1.90. The molecule has 1 atom stereocenters. The Kier molecular flexibility index (Phi) is 2.84. The van der Waals surface area contributed by atoms with Gasteiger partial charge in [0, 0.05) is 18.6 Å². The van der Waals surface area contributed by atoms with E-state index in [2.05, 4.69) is 21.0 Å². The lowest BCUT2D eigenvalue weighted by Crippen LogP contribution is -2.20. The van der Waals surface area contributed by atoms with Crippen molar-refractivity contribution in [2.75, 3.05) is 0 Å². The van der Waals surface area contributed by atoms with Crippen molar-refractivity contribution in [2.24, 2.45) is 0 Å². The number of hydrogen-bond acceptors (Lipinski definition) is 4. The number of Topliss-reactive ketones (excluding diaryl/α,β-unsaturated/α-hetero) is 1. The summed E-state index contributed by atoms with van der Waals surface area (Å²) in [5, 5.41) is 0. The van der Waals surface area contributed by atoms with Crippen LogP contribution in [0.4, 0.5) is 0 Å². The monoisotopic (exact) mass is 239 g/mol. The van der Waals surface area contributed by atoms with Gasteiger partial charge < -0.3 is 0 Å². The molecule has 2 heterocycles. The summed E-state index contributed by atoms with van der Waals surface area (Å²) >= 11 is 0. The van der Waals surface area contributed by atoms with Gasteiger partial charge in [0.15, 0.2) is 5.78 Å². The van der Waals surface area contributed by atoms with E-state index in [9.17, 15) is 4.79 Å². The van der Waals surface area contributed by atoms with Crippen LogP contribution in [0.3, 0.4) is 0 Å². The number of fused-ring (bicyclic) bond motifs is 1. The average molecular weight is 239 g/mol.